The lowest BCUT2D eigenvalue weighted by Crippen LogP contribution is -2.44. The fourth-order valence-corrected chi connectivity index (χ4v) is 4.74. The van der Waals surface area contributed by atoms with Gasteiger partial charge in [-0.3, -0.25) is 0 Å². The normalized spacial score (nSPS) is 19.4. The number of benzene rings is 3. The Balaban J connectivity index is 1.84. The first-order valence-corrected chi connectivity index (χ1v) is 10.4. The molecule has 0 spiro atoms. The maximum absolute atomic E-state index is 13.2. The van der Waals surface area contributed by atoms with Gasteiger partial charge in [-0.25, -0.2) is 0 Å². The molecule has 3 aromatic carbocycles. The van der Waals surface area contributed by atoms with Crippen LogP contribution in [0.15, 0.2) is 72.8 Å². The summed E-state index contributed by atoms with van der Waals surface area (Å²) in [5, 5.41) is 9.82. The van der Waals surface area contributed by atoms with Crippen molar-refractivity contribution in [1.82, 2.24) is 0 Å². The van der Waals surface area contributed by atoms with Crippen molar-refractivity contribution in [1.29, 1.82) is 0 Å². The molecule has 0 aliphatic carbocycles. The van der Waals surface area contributed by atoms with Gasteiger partial charge in [0, 0.05) is 17.6 Å². The summed E-state index contributed by atoms with van der Waals surface area (Å²) >= 11 is 0. The van der Waals surface area contributed by atoms with Gasteiger partial charge in [0.2, 0.25) is 0 Å². The Labute approximate surface area is 181 Å². The number of β-amino-alcohol motifs (C(OH)–C–C–N with tert-alkyl or cyclic N) is 1. The fourth-order valence-electron chi connectivity index (χ4n) is 4.74. The van der Waals surface area contributed by atoms with Crippen molar-refractivity contribution in [2.24, 2.45) is 0 Å². The fraction of sp³-hybridized carbons (Fsp3) is 0.308. The monoisotopic (exact) mass is 425 g/mol. The number of halogens is 3. The molecule has 0 radical (unpaired) electrons. The molecule has 31 heavy (non-hydrogen) atoms. The average Bonchev–Trinajstić information content (AvgIpc) is 3.02. The molecule has 1 aliphatic rings. The van der Waals surface area contributed by atoms with Crippen molar-refractivity contribution >= 4 is 5.69 Å². The number of hydrogen-bond donors (Lipinski definition) is 1. The van der Waals surface area contributed by atoms with E-state index in [4.69, 9.17) is 0 Å². The highest BCUT2D eigenvalue weighted by Gasteiger charge is 2.47. The molecule has 1 N–H and O–H groups in total. The summed E-state index contributed by atoms with van der Waals surface area (Å²) in [5.74, 6) is 0. The zero-order valence-electron chi connectivity index (χ0n) is 17.7. The molecule has 1 aliphatic heterocycles. The first kappa shape index (κ1) is 21.4. The third kappa shape index (κ3) is 4.19. The Bertz CT molecular complexity index is 1080. The summed E-state index contributed by atoms with van der Waals surface area (Å²) in [6.07, 6.45) is -6.39. The number of aliphatic hydroxyl groups is 1. The van der Waals surface area contributed by atoms with E-state index < -0.39 is 24.2 Å². The lowest BCUT2D eigenvalue weighted by molar-refractivity contribution is -0.200. The molecule has 162 valence electrons. The van der Waals surface area contributed by atoms with Crippen LogP contribution in [-0.4, -0.2) is 30.5 Å². The van der Waals surface area contributed by atoms with Gasteiger partial charge in [-0.05, 0) is 43.0 Å². The van der Waals surface area contributed by atoms with Gasteiger partial charge in [0.25, 0.3) is 0 Å². The highest BCUT2D eigenvalue weighted by Crippen LogP contribution is 2.47. The summed E-state index contributed by atoms with van der Waals surface area (Å²) in [7, 11) is 0. The van der Waals surface area contributed by atoms with E-state index in [1.807, 2.05) is 62.4 Å². The molecule has 0 saturated heterocycles. The summed E-state index contributed by atoms with van der Waals surface area (Å²) in [6.45, 7) is 3.95. The second-order valence-electron chi connectivity index (χ2n) is 8.57. The van der Waals surface area contributed by atoms with Gasteiger partial charge in [0.15, 0.2) is 6.10 Å². The number of hydrogen-bond acceptors (Lipinski definition) is 2. The molecule has 5 heteroatoms. The summed E-state index contributed by atoms with van der Waals surface area (Å²) in [4.78, 5) is 1.69. The first-order chi connectivity index (χ1) is 14.7. The van der Waals surface area contributed by atoms with Gasteiger partial charge in [-0.2, -0.15) is 13.2 Å². The van der Waals surface area contributed by atoms with Crippen LogP contribution < -0.4 is 4.90 Å². The van der Waals surface area contributed by atoms with Gasteiger partial charge in [0.1, 0.15) is 0 Å². The van der Waals surface area contributed by atoms with Crippen LogP contribution in [0.3, 0.4) is 0 Å². The topological polar surface area (TPSA) is 23.5 Å². The number of anilines is 1. The second-order valence-corrected chi connectivity index (χ2v) is 8.57. The van der Waals surface area contributed by atoms with Gasteiger partial charge >= 0.3 is 6.18 Å². The van der Waals surface area contributed by atoms with E-state index in [-0.39, 0.29) is 0 Å². The number of aryl methyl sites for hydroxylation is 2. The maximum atomic E-state index is 13.2. The van der Waals surface area contributed by atoms with Crippen molar-refractivity contribution in [3.05, 3.63) is 101 Å². The van der Waals surface area contributed by atoms with Gasteiger partial charge in [-0.15, -0.1) is 0 Å². The lowest BCUT2D eigenvalue weighted by Gasteiger charge is -2.33. The highest BCUT2D eigenvalue weighted by molar-refractivity contribution is 5.67. The first-order valence-electron chi connectivity index (χ1n) is 10.4. The van der Waals surface area contributed by atoms with Gasteiger partial charge < -0.3 is 10.0 Å². The quantitative estimate of drug-likeness (QED) is 0.577. The van der Waals surface area contributed by atoms with Crippen LogP contribution in [0.1, 0.15) is 27.8 Å². The summed E-state index contributed by atoms with van der Waals surface area (Å²) in [5.41, 5.74) is 5.69. The minimum Gasteiger partial charge on any atom is -0.382 e. The molecule has 4 rings (SSSR count). The Morgan fingerprint density at radius 3 is 2.29 bits per heavy atom. The van der Waals surface area contributed by atoms with Crippen LogP contribution in [-0.2, 0) is 11.8 Å². The number of para-hydroxylation sites is 1. The van der Waals surface area contributed by atoms with Crippen molar-refractivity contribution in [2.75, 3.05) is 18.0 Å². The predicted molar refractivity (Wildman–Crippen MR) is 118 cm³/mol. The molecular weight excluding hydrogens is 399 g/mol. The molecule has 3 aromatic rings. The number of fused-ring (bicyclic) bond motifs is 1. The third-order valence-corrected chi connectivity index (χ3v) is 6.15. The summed E-state index contributed by atoms with van der Waals surface area (Å²) in [6, 6.07) is 24.1. The Morgan fingerprint density at radius 1 is 0.935 bits per heavy atom. The Hall–Kier alpha value is -2.79. The molecule has 1 unspecified atom stereocenters. The number of nitrogens with zero attached hydrogens (tertiary/aromatic N) is 1. The molecule has 0 fully saturated rings. The molecule has 2 nitrogen and oxygen atoms in total. The molecule has 0 bridgehead atoms. The molecular formula is C26H26F3NO. The van der Waals surface area contributed by atoms with Crippen LogP contribution in [0.5, 0.6) is 0 Å². The van der Waals surface area contributed by atoms with E-state index in [0.717, 1.165) is 33.5 Å². The minimum atomic E-state index is -4.65. The van der Waals surface area contributed by atoms with E-state index in [1.165, 1.54) is 0 Å². The van der Waals surface area contributed by atoms with Gasteiger partial charge in [-0.1, -0.05) is 77.9 Å². The van der Waals surface area contributed by atoms with Crippen LogP contribution >= 0.6 is 0 Å². The zero-order chi connectivity index (χ0) is 22.2. The average molecular weight is 425 g/mol. The number of alkyl halides is 3. The van der Waals surface area contributed by atoms with E-state index >= 15 is 0 Å². The molecule has 0 amide bonds. The molecule has 1 heterocycles. The smallest absolute Gasteiger partial charge is 0.382 e. The van der Waals surface area contributed by atoms with Crippen molar-refractivity contribution < 1.29 is 18.3 Å². The van der Waals surface area contributed by atoms with Crippen molar-refractivity contribution in [3.8, 4) is 0 Å². The van der Waals surface area contributed by atoms with Gasteiger partial charge in [0.05, 0.1) is 6.54 Å². The van der Waals surface area contributed by atoms with Crippen LogP contribution in [0.4, 0.5) is 18.9 Å². The Kier molecular flexibility index (Phi) is 5.56. The van der Waals surface area contributed by atoms with E-state index in [0.29, 0.717) is 13.0 Å². The molecule has 0 aromatic heterocycles. The lowest BCUT2D eigenvalue weighted by atomic mass is 9.71. The van der Waals surface area contributed by atoms with Crippen LogP contribution in [0, 0.1) is 13.8 Å². The standard InChI is InChI=1S/C26H26F3NO/c1-18-7-5-9-20(13-18)15-25(21-10-6-8-19(2)14-21)17-30(16-24(31)26(27,28)29)23-12-4-3-11-22(23)25/h3-14,24,31H,15-17H2,1-2H3/t24-,25?/m1/s1. The van der Waals surface area contributed by atoms with E-state index in [9.17, 15) is 18.3 Å². The number of rotatable bonds is 5. The SMILES string of the molecule is Cc1cccc(CC2(c3cccc(C)c3)CN(C[C@@H](O)C(F)(F)F)c3ccccc32)c1. The highest BCUT2D eigenvalue weighted by atomic mass is 19.4. The zero-order valence-corrected chi connectivity index (χ0v) is 17.7. The van der Waals surface area contributed by atoms with Crippen LogP contribution in [0.25, 0.3) is 0 Å². The second kappa shape index (κ2) is 8.04. The number of aliphatic hydroxyl groups excluding tert-OH is 1. The minimum absolute atomic E-state index is 0.372. The third-order valence-electron chi connectivity index (χ3n) is 6.15. The van der Waals surface area contributed by atoms with E-state index in [2.05, 4.69) is 24.3 Å². The molecule has 2 atom stereocenters. The van der Waals surface area contributed by atoms with Crippen molar-refractivity contribution in [2.45, 2.75) is 38.0 Å². The van der Waals surface area contributed by atoms with Crippen LogP contribution in [0.2, 0.25) is 0 Å². The molecule has 0 saturated carbocycles. The summed E-state index contributed by atoms with van der Waals surface area (Å²) < 4.78 is 39.5. The predicted octanol–water partition coefficient (Wildman–Crippen LogP) is 5.58. The van der Waals surface area contributed by atoms with Crippen molar-refractivity contribution in [3.63, 3.8) is 0 Å². The van der Waals surface area contributed by atoms with E-state index in [1.54, 1.807) is 4.90 Å². The Morgan fingerprint density at radius 2 is 1.61 bits per heavy atom. The maximum Gasteiger partial charge on any atom is 0.416 e. The largest absolute Gasteiger partial charge is 0.416 e.